The highest BCUT2D eigenvalue weighted by Crippen LogP contribution is 2.33. The van der Waals surface area contributed by atoms with Gasteiger partial charge in [0, 0.05) is 24.2 Å². The number of rotatable bonds is 14. The molecule has 5 N–H and O–H groups in total. The Morgan fingerprint density at radius 1 is 1.20 bits per heavy atom. The topological polar surface area (TPSA) is 165 Å². The van der Waals surface area contributed by atoms with Crippen LogP contribution in [0, 0.1) is 11.8 Å². The highest BCUT2D eigenvalue weighted by atomic mass is 32.2. The molecule has 2 saturated heterocycles. The maximum absolute atomic E-state index is 14.0. The molecule has 5 atom stereocenters. The van der Waals surface area contributed by atoms with Crippen molar-refractivity contribution in [1.29, 1.82) is 0 Å². The molecule has 12 nitrogen and oxygen atoms in total. The summed E-state index contributed by atoms with van der Waals surface area (Å²) in [5.74, 6) is -0.0830. The van der Waals surface area contributed by atoms with Crippen LogP contribution in [0.15, 0.2) is 65.1 Å². The maximum atomic E-state index is 14.0. The number of thiazole rings is 1. The fourth-order valence-electron chi connectivity index (χ4n) is 5.55. The van der Waals surface area contributed by atoms with Gasteiger partial charge in [0.05, 0.1) is 59.6 Å². The molecule has 0 unspecified atom stereocenters. The number of hydrogen-bond acceptors (Lipinski definition) is 11. The molecule has 45 heavy (non-hydrogen) atoms. The second-order valence-electron chi connectivity index (χ2n) is 11.8. The molecule has 2 fully saturated rings. The third-order valence-corrected chi connectivity index (χ3v) is 10.5. The summed E-state index contributed by atoms with van der Waals surface area (Å²) < 4.78 is 46.2. The number of ether oxygens (including phenoxy) is 3. The molecule has 1 amide bonds. The number of amides is 1. The molecule has 0 aliphatic carbocycles. The van der Waals surface area contributed by atoms with Crippen molar-refractivity contribution in [2.24, 2.45) is 11.8 Å². The van der Waals surface area contributed by atoms with Gasteiger partial charge >= 0.3 is 6.09 Å². The third kappa shape index (κ3) is 8.51. The van der Waals surface area contributed by atoms with E-state index in [9.17, 15) is 18.3 Å². The molecule has 2 aliphatic rings. The molecular weight excluding hydrogens is 619 g/mol. The summed E-state index contributed by atoms with van der Waals surface area (Å²) in [5, 5.41) is 17.6. The normalized spacial score (nSPS) is 21.0. The lowest BCUT2D eigenvalue weighted by Gasteiger charge is -2.31. The standard InChI is InChI=1S/C31H41N5O7S2/c1-20(2)16-36(45(39,40)23-8-9-25(32)26(13-23)34-15-22-14-33-19-44-22)17-28(37)27(12-21-6-4-3-5-7-21)35-31(38)43-29-18-42-30-24(29)10-11-41-30/h3-9,13-14,19-20,24,27-30,34,37H,10-12,15-18,32H2,1-2H3,(H,35,38)/t24-,27-,28+,29-,30+/m0/s1. The molecule has 3 heterocycles. The summed E-state index contributed by atoms with van der Waals surface area (Å²) >= 11 is 1.48. The van der Waals surface area contributed by atoms with Crippen LogP contribution in [0.5, 0.6) is 0 Å². The molecule has 5 rings (SSSR count). The Balaban J connectivity index is 1.33. The number of carbonyl (C=O) groups is 1. The van der Waals surface area contributed by atoms with E-state index in [1.165, 1.54) is 27.8 Å². The number of carbonyl (C=O) groups excluding carboxylic acids is 1. The van der Waals surface area contributed by atoms with Crippen LogP contribution in [0.3, 0.4) is 0 Å². The fraction of sp³-hybridized carbons (Fsp3) is 0.484. The van der Waals surface area contributed by atoms with Gasteiger partial charge in [-0.05, 0) is 42.5 Å². The van der Waals surface area contributed by atoms with E-state index >= 15 is 0 Å². The lowest BCUT2D eigenvalue weighted by atomic mass is 10.0. The van der Waals surface area contributed by atoms with Crippen molar-refractivity contribution in [1.82, 2.24) is 14.6 Å². The Kier molecular flexibility index (Phi) is 10.9. The Morgan fingerprint density at radius 3 is 2.73 bits per heavy atom. The predicted molar refractivity (Wildman–Crippen MR) is 171 cm³/mol. The molecule has 244 valence electrons. The van der Waals surface area contributed by atoms with Crippen LogP contribution in [0.25, 0.3) is 0 Å². The Hall–Kier alpha value is -3.27. The van der Waals surface area contributed by atoms with Crippen LogP contribution in [0.1, 0.15) is 30.7 Å². The van der Waals surface area contributed by atoms with Gasteiger partial charge in [0.15, 0.2) is 6.29 Å². The molecule has 3 aromatic rings. The van der Waals surface area contributed by atoms with Gasteiger partial charge < -0.3 is 35.7 Å². The minimum atomic E-state index is -4.07. The lowest BCUT2D eigenvalue weighted by molar-refractivity contribution is -0.0907. The Bertz CT molecular complexity index is 1510. The van der Waals surface area contributed by atoms with E-state index in [-0.39, 0.29) is 49.1 Å². The molecule has 2 aromatic carbocycles. The smallest absolute Gasteiger partial charge is 0.407 e. The van der Waals surface area contributed by atoms with Crippen molar-refractivity contribution < 1.29 is 32.5 Å². The number of nitrogens with two attached hydrogens (primary N) is 1. The molecule has 1 aromatic heterocycles. The third-order valence-electron chi connectivity index (χ3n) is 7.87. The van der Waals surface area contributed by atoms with E-state index in [4.69, 9.17) is 19.9 Å². The number of alkyl carbamates (subject to hydrolysis) is 1. The van der Waals surface area contributed by atoms with Crippen molar-refractivity contribution in [3.05, 3.63) is 70.7 Å². The molecule has 0 spiro atoms. The first kappa shape index (κ1) is 33.1. The number of aliphatic hydroxyl groups is 1. The first-order valence-corrected chi connectivity index (χ1v) is 17.4. The van der Waals surface area contributed by atoms with Crippen molar-refractivity contribution >= 4 is 38.8 Å². The van der Waals surface area contributed by atoms with E-state index < -0.39 is 34.4 Å². The van der Waals surface area contributed by atoms with Crippen molar-refractivity contribution in [2.75, 3.05) is 37.4 Å². The number of benzene rings is 2. The Morgan fingerprint density at radius 2 is 2.00 bits per heavy atom. The van der Waals surface area contributed by atoms with E-state index in [0.29, 0.717) is 24.5 Å². The van der Waals surface area contributed by atoms with Crippen molar-refractivity contribution in [3.8, 4) is 0 Å². The lowest BCUT2D eigenvalue weighted by Crippen LogP contribution is -2.51. The maximum Gasteiger partial charge on any atom is 0.407 e. The molecule has 0 saturated carbocycles. The summed E-state index contributed by atoms with van der Waals surface area (Å²) in [6, 6.07) is 13.1. The zero-order chi connectivity index (χ0) is 32.0. The van der Waals surface area contributed by atoms with Crippen molar-refractivity contribution in [2.45, 2.75) is 62.7 Å². The zero-order valence-corrected chi connectivity index (χ0v) is 27.0. The first-order chi connectivity index (χ1) is 21.6. The predicted octanol–water partition coefficient (Wildman–Crippen LogP) is 3.44. The van der Waals surface area contributed by atoms with E-state index in [1.54, 1.807) is 17.8 Å². The number of nitrogens with zero attached hydrogens (tertiary/aromatic N) is 2. The highest BCUT2D eigenvalue weighted by molar-refractivity contribution is 7.89. The molecule has 2 aliphatic heterocycles. The van der Waals surface area contributed by atoms with Gasteiger partial charge in [-0.1, -0.05) is 44.2 Å². The average molecular weight is 660 g/mol. The van der Waals surface area contributed by atoms with Gasteiger partial charge in [-0.25, -0.2) is 13.2 Å². The summed E-state index contributed by atoms with van der Waals surface area (Å²) in [5.41, 5.74) is 9.64. The Labute approximate surface area is 267 Å². The van der Waals surface area contributed by atoms with Crippen LogP contribution in [-0.4, -0.2) is 79.7 Å². The van der Waals surface area contributed by atoms with Crippen LogP contribution in [0.4, 0.5) is 16.2 Å². The second-order valence-corrected chi connectivity index (χ2v) is 14.7. The number of nitrogens with one attached hydrogen (secondary N) is 2. The average Bonchev–Trinajstić information content (AvgIpc) is 3.77. The van der Waals surface area contributed by atoms with E-state index in [2.05, 4.69) is 15.6 Å². The van der Waals surface area contributed by atoms with E-state index in [0.717, 1.165) is 16.9 Å². The molecular formula is C31H41N5O7S2. The van der Waals surface area contributed by atoms with Gasteiger partial charge in [-0.3, -0.25) is 4.98 Å². The fourth-order valence-corrected chi connectivity index (χ4v) is 7.73. The van der Waals surface area contributed by atoms with Crippen LogP contribution in [0.2, 0.25) is 0 Å². The van der Waals surface area contributed by atoms with Gasteiger partial charge in [0.1, 0.15) is 6.10 Å². The van der Waals surface area contributed by atoms with Gasteiger partial charge in [0.25, 0.3) is 0 Å². The number of fused-ring (bicyclic) bond motifs is 1. The number of aliphatic hydroxyl groups excluding tert-OH is 1. The molecule has 14 heteroatoms. The molecule has 0 radical (unpaired) electrons. The summed E-state index contributed by atoms with van der Waals surface area (Å²) in [6.07, 6.45) is -0.0763. The summed E-state index contributed by atoms with van der Waals surface area (Å²) in [7, 11) is -4.07. The monoisotopic (exact) mass is 659 g/mol. The van der Waals surface area contributed by atoms with Crippen LogP contribution in [-0.2, 0) is 37.2 Å². The highest BCUT2D eigenvalue weighted by Gasteiger charge is 2.44. The van der Waals surface area contributed by atoms with Crippen molar-refractivity contribution in [3.63, 3.8) is 0 Å². The number of hydrogen-bond donors (Lipinski definition) is 4. The zero-order valence-electron chi connectivity index (χ0n) is 25.4. The van der Waals surface area contributed by atoms with Gasteiger partial charge in [0.2, 0.25) is 10.0 Å². The number of anilines is 2. The number of nitrogen functional groups attached to an aromatic ring is 1. The quantitative estimate of drug-likeness (QED) is 0.188. The SMILES string of the molecule is CC(C)CN(C[C@@H](O)[C@H](Cc1ccccc1)NC(=O)O[C@H]1CO[C@H]2OCC[C@H]21)S(=O)(=O)c1ccc(N)c(NCc2cncs2)c1. The molecule has 0 bridgehead atoms. The number of sulfonamides is 1. The first-order valence-electron chi connectivity index (χ1n) is 15.0. The summed E-state index contributed by atoms with van der Waals surface area (Å²) in [6.45, 7) is 4.93. The second kappa shape index (κ2) is 14.9. The van der Waals surface area contributed by atoms with Gasteiger partial charge in [-0.2, -0.15) is 4.31 Å². The van der Waals surface area contributed by atoms with E-state index in [1.807, 2.05) is 44.2 Å². The largest absolute Gasteiger partial charge is 0.443 e. The van der Waals surface area contributed by atoms with Crippen LogP contribution >= 0.6 is 11.3 Å². The van der Waals surface area contributed by atoms with Crippen LogP contribution < -0.4 is 16.4 Å². The summed E-state index contributed by atoms with van der Waals surface area (Å²) in [4.78, 5) is 18.2. The minimum absolute atomic E-state index is 0.0397. The number of aromatic nitrogens is 1. The van der Waals surface area contributed by atoms with Gasteiger partial charge in [-0.15, -0.1) is 11.3 Å². The minimum Gasteiger partial charge on any atom is -0.443 e.